The van der Waals surface area contributed by atoms with E-state index in [1.165, 1.54) is 0 Å². The Kier molecular flexibility index (Phi) is 6.23. The molecule has 0 aliphatic heterocycles. The molecule has 0 unspecified atom stereocenters. The maximum Gasteiger partial charge on any atom is 0.118 e. The Morgan fingerprint density at radius 2 is 1.29 bits per heavy atom. The molecule has 0 fully saturated rings. The minimum atomic E-state index is -0.618. The lowest BCUT2D eigenvalue weighted by Gasteiger charge is -2.32. The van der Waals surface area contributed by atoms with Crippen LogP contribution in [0.25, 0.3) is 0 Å². The maximum atomic E-state index is 6.87. The zero-order valence-electron chi connectivity index (χ0n) is 15.0. The van der Waals surface area contributed by atoms with Gasteiger partial charge in [-0.25, -0.2) is 0 Å². The van der Waals surface area contributed by atoms with Crippen LogP contribution in [-0.2, 0) is 5.54 Å². The first-order valence-electron chi connectivity index (χ1n) is 8.28. The van der Waals surface area contributed by atoms with Gasteiger partial charge in [0.15, 0.2) is 0 Å². The topological polar surface area (TPSA) is 56.5 Å². The van der Waals surface area contributed by atoms with Crippen molar-refractivity contribution in [2.45, 2.75) is 19.4 Å². The molecule has 0 bridgehead atoms. The third kappa shape index (κ3) is 4.28. The van der Waals surface area contributed by atoms with Gasteiger partial charge in [0.2, 0.25) is 0 Å². The number of hydrogen-bond acceptors (Lipinski definition) is 4. The molecule has 2 aromatic carbocycles. The molecule has 0 aliphatic carbocycles. The molecule has 0 atom stereocenters. The van der Waals surface area contributed by atoms with E-state index in [0.717, 1.165) is 29.2 Å². The van der Waals surface area contributed by atoms with Gasteiger partial charge in [-0.15, -0.1) is 0 Å². The summed E-state index contributed by atoms with van der Waals surface area (Å²) < 4.78 is 10.5. The molecular formula is C20H28N2O2. The van der Waals surface area contributed by atoms with E-state index < -0.39 is 5.54 Å². The number of benzene rings is 2. The van der Waals surface area contributed by atoms with Gasteiger partial charge in [0.25, 0.3) is 0 Å². The van der Waals surface area contributed by atoms with E-state index in [4.69, 9.17) is 15.2 Å². The second-order valence-corrected chi connectivity index (χ2v) is 6.45. The standard InChI is InChI=1S/C20H28N2O2/c1-15(2)13-22-14-20(21,16-5-9-18(23-3)10-6-16)17-7-11-19(24-4)12-8-17/h5-12,15,22H,13-14,21H2,1-4H3. The highest BCUT2D eigenvalue weighted by Gasteiger charge is 2.29. The van der Waals surface area contributed by atoms with Crippen LogP contribution < -0.4 is 20.5 Å². The van der Waals surface area contributed by atoms with Gasteiger partial charge in [0, 0.05) is 6.54 Å². The molecule has 3 N–H and O–H groups in total. The average Bonchev–Trinajstić information content (AvgIpc) is 2.61. The van der Waals surface area contributed by atoms with Crippen LogP contribution in [0, 0.1) is 5.92 Å². The first-order chi connectivity index (χ1) is 11.5. The molecular weight excluding hydrogens is 300 g/mol. The van der Waals surface area contributed by atoms with Crippen molar-refractivity contribution in [2.24, 2.45) is 11.7 Å². The Morgan fingerprint density at radius 3 is 1.62 bits per heavy atom. The van der Waals surface area contributed by atoms with Crippen LogP contribution in [0.4, 0.5) is 0 Å². The number of methoxy groups -OCH3 is 2. The summed E-state index contributed by atoms with van der Waals surface area (Å²) >= 11 is 0. The van der Waals surface area contributed by atoms with Crippen LogP contribution in [0.5, 0.6) is 11.5 Å². The molecule has 4 nitrogen and oxygen atoms in total. The fraction of sp³-hybridized carbons (Fsp3) is 0.400. The van der Waals surface area contributed by atoms with E-state index in [1.54, 1.807) is 14.2 Å². The van der Waals surface area contributed by atoms with Crippen molar-refractivity contribution in [1.29, 1.82) is 0 Å². The van der Waals surface area contributed by atoms with E-state index in [-0.39, 0.29) is 0 Å². The van der Waals surface area contributed by atoms with Crippen LogP contribution in [0.3, 0.4) is 0 Å². The van der Waals surface area contributed by atoms with E-state index in [1.807, 2.05) is 48.5 Å². The SMILES string of the molecule is COc1ccc(C(N)(CNCC(C)C)c2ccc(OC)cc2)cc1. The third-order valence-electron chi connectivity index (χ3n) is 4.17. The highest BCUT2D eigenvalue weighted by molar-refractivity contribution is 5.42. The lowest BCUT2D eigenvalue weighted by molar-refractivity contribution is 0.411. The van der Waals surface area contributed by atoms with Gasteiger partial charge in [0.05, 0.1) is 19.8 Å². The van der Waals surface area contributed by atoms with Crippen LogP contribution >= 0.6 is 0 Å². The van der Waals surface area contributed by atoms with Gasteiger partial charge >= 0.3 is 0 Å². The lowest BCUT2D eigenvalue weighted by Crippen LogP contribution is -2.47. The van der Waals surface area contributed by atoms with Crippen molar-refractivity contribution in [2.75, 3.05) is 27.3 Å². The summed E-state index contributed by atoms with van der Waals surface area (Å²) in [5.74, 6) is 2.22. The van der Waals surface area contributed by atoms with Crippen LogP contribution in [0.1, 0.15) is 25.0 Å². The molecule has 0 aromatic heterocycles. The second-order valence-electron chi connectivity index (χ2n) is 6.45. The smallest absolute Gasteiger partial charge is 0.118 e. The normalized spacial score (nSPS) is 11.6. The van der Waals surface area contributed by atoms with E-state index in [2.05, 4.69) is 19.2 Å². The number of nitrogens with two attached hydrogens (primary N) is 1. The van der Waals surface area contributed by atoms with E-state index in [9.17, 15) is 0 Å². The molecule has 0 amide bonds. The highest BCUT2D eigenvalue weighted by atomic mass is 16.5. The molecule has 24 heavy (non-hydrogen) atoms. The quantitative estimate of drug-likeness (QED) is 0.781. The van der Waals surface area contributed by atoms with Crippen molar-refractivity contribution in [3.63, 3.8) is 0 Å². The Hall–Kier alpha value is -2.04. The first-order valence-corrected chi connectivity index (χ1v) is 8.28. The molecule has 0 saturated heterocycles. The van der Waals surface area contributed by atoms with Crippen molar-refractivity contribution in [3.05, 3.63) is 59.7 Å². The minimum absolute atomic E-state index is 0.570. The monoisotopic (exact) mass is 328 g/mol. The van der Waals surface area contributed by atoms with Crippen LogP contribution in [-0.4, -0.2) is 27.3 Å². The molecule has 0 saturated carbocycles. The maximum absolute atomic E-state index is 6.87. The van der Waals surface area contributed by atoms with Gasteiger partial charge in [-0.1, -0.05) is 38.1 Å². The van der Waals surface area contributed by atoms with Crippen molar-refractivity contribution in [3.8, 4) is 11.5 Å². The lowest BCUT2D eigenvalue weighted by atomic mass is 9.83. The number of rotatable bonds is 8. The number of ether oxygens (including phenoxy) is 2. The summed E-state index contributed by atoms with van der Waals surface area (Å²) in [4.78, 5) is 0. The average molecular weight is 328 g/mol. The highest BCUT2D eigenvalue weighted by Crippen LogP contribution is 2.29. The number of hydrogen-bond donors (Lipinski definition) is 2. The minimum Gasteiger partial charge on any atom is -0.497 e. The Bertz CT molecular complexity index is 574. The fourth-order valence-electron chi connectivity index (χ4n) is 2.71. The largest absolute Gasteiger partial charge is 0.497 e. The predicted molar refractivity (Wildman–Crippen MR) is 98.7 cm³/mol. The Morgan fingerprint density at radius 1 is 0.875 bits per heavy atom. The van der Waals surface area contributed by atoms with E-state index in [0.29, 0.717) is 12.5 Å². The van der Waals surface area contributed by atoms with Crippen LogP contribution in [0.15, 0.2) is 48.5 Å². The summed E-state index contributed by atoms with van der Waals surface area (Å²) in [6.07, 6.45) is 0. The molecule has 2 rings (SSSR count). The molecule has 2 aromatic rings. The molecule has 0 radical (unpaired) electrons. The van der Waals surface area contributed by atoms with Gasteiger partial charge in [-0.05, 0) is 47.9 Å². The van der Waals surface area contributed by atoms with Crippen molar-refractivity contribution < 1.29 is 9.47 Å². The summed E-state index contributed by atoms with van der Waals surface area (Å²) in [7, 11) is 3.33. The molecule has 130 valence electrons. The first kappa shape index (κ1) is 18.3. The van der Waals surface area contributed by atoms with E-state index >= 15 is 0 Å². The zero-order chi connectivity index (χ0) is 17.6. The molecule has 0 spiro atoms. The van der Waals surface area contributed by atoms with Gasteiger partial charge < -0.3 is 20.5 Å². The van der Waals surface area contributed by atoms with Gasteiger partial charge in [-0.3, -0.25) is 0 Å². The van der Waals surface area contributed by atoms with Gasteiger partial charge in [-0.2, -0.15) is 0 Å². The summed E-state index contributed by atoms with van der Waals surface area (Å²) in [5.41, 5.74) is 8.34. The Labute approximate surface area is 145 Å². The fourth-order valence-corrected chi connectivity index (χ4v) is 2.71. The van der Waals surface area contributed by atoms with Crippen molar-refractivity contribution in [1.82, 2.24) is 5.32 Å². The second kappa shape index (κ2) is 8.18. The molecule has 0 heterocycles. The number of nitrogens with one attached hydrogen (secondary N) is 1. The summed E-state index contributed by atoms with van der Waals surface area (Å²) in [6.45, 7) is 5.95. The van der Waals surface area contributed by atoms with Gasteiger partial charge in [0.1, 0.15) is 11.5 Å². The third-order valence-corrected chi connectivity index (χ3v) is 4.17. The molecule has 4 heteroatoms. The molecule has 0 aliphatic rings. The zero-order valence-corrected chi connectivity index (χ0v) is 15.0. The van der Waals surface area contributed by atoms with Crippen molar-refractivity contribution >= 4 is 0 Å². The predicted octanol–water partition coefficient (Wildman–Crippen LogP) is 3.15. The summed E-state index contributed by atoms with van der Waals surface area (Å²) in [5, 5.41) is 3.49. The van der Waals surface area contributed by atoms with Crippen LogP contribution in [0.2, 0.25) is 0 Å². The Balaban J connectivity index is 2.34. The summed E-state index contributed by atoms with van der Waals surface area (Å²) in [6, 6.07) is 15.9.